The molecule has 0 atom stereocenters. The summed E-state index contributed by atoms with van der Waals surface area (Å²) in [7, 11) is 0. The number of carbonyl (C=O) groups excluding carboxylic acids is 2. The fourth-order valence-corrected chi connectivity index (χ4v) is 3.05. The molecule has 1 fully saturated rings. The molecule has 0 unspecified atom stereocenters. The lowest BCUT2D eigenvalue weighted by molar-refractivity contribution is -0.119. The number of aryl methyl sites for hydroxylation is 1. The van der Waals surface area contributed by atoms with E-state index in [0.717, 1.165) is 43.6 Å². The van der Waals surface area contributed by atoms with Crippen LogP contribution < -0.4 is 16.0 Å². The number of hydrogen-bond acceptors (Lipinski definition) is 3. The lowest BCUT2D eigenvalue weighted by Crippen LogP contribution is -2.35. The Labute approximate surface area is 150 Å². The first kappa shape index (κ1) is 20.5. The number of amides is 2. The third-order valence-corrected chi connectivity index (χ3v) is 4.42. The zero-order chi connectivity index (χ0) is 16.7. The van der Waals surface area contributed by atoms with Gasteiger partial charge in [0.25, 0.3) is 0 Å². The molecule has 0 radical (unpaired) electrons. The number of primary amides is 1. The van der Waals surface area contributed by atoms with Crippen LogP contribution in [0.15, 0.2) is 24.3 Å². The average Bonchev–Trinajstić information content (AvgIpc) is 2.54. The van der Waals surface area contributed by atoms with Crippen molar-refractivity contribution >= 4 is 29.9 Å². The molecule has 1 aliphatic heterocycles. The summed E-state index contributed by atoms with van der Waals surface area (Å²) in [6.45, 7) is 4.43. The van der Waals surface area contributed by atoms with E-state index in [2.05, 4.69) is 5.32 Å². The van der Waals surface area contributed by atoms with E-state index in [4.69, 9.17) is 5.73 Å². The molecule has 1 aliphatic rings. The summed E-state index contributed by atoms with van der Waals surface area (Å²) < 4.78 is 0. The average molecular weight is 354 g/mol. The van der Waals surface area contributed by atoms with E-state index in [1.807, 2.05) is 31.2 Å². The second-order valence-corrected chi connectivity index (χ2v) is 6.33. The minimum atomic E-state index is -0.381. The second kappa shape index (κ2) is 10.3. The Kier molecular flexibility index (Phi) is 8.79. The van der Waals surface area contributed by atoms with Crippen LogP contribution in [-0.2, 0) is 9.59 Å². The molecule has 6 heteroatoms. The molecule has 0 aliphatic carbocycles. The summed E-state index contributed by atoms with van der Waals surface area (Å²) in [5.41, 5.74) is 7.20. The van der Waals surface area contributed by atoms with Crippen LogP contribution in [0.2, 0.25) is 0 Å². The monoisotopic (exact) mass is 353 g/mol. The van der Waals surface area contributed by atoms with Gasteiger partial charge < -0.3 is 16.0 Å². The van der Waals surface area contributed by atoms with Gasteiger partial charge in [-0.05, 0) is 62.9 Å². The number of anilines is 1. The maximum absolute atomic E-state index is 12.7. The van der Waals surface area contributed by atoms with Gasteiger partial charge in [0.1, 0.15) is 0 Å². The summed E-state index contributed by atoms with van der Waals surface area (Å²) >= 11 is 0. The van der Waals surface area contributed by atoms with Crippen LogP contribution in [0.1, 0.15) is 37.7 Å². The van der Waals surface area contributed by atoms with E-state index in [9.17, 15) is 9.59 Å². The molecule has 0 bridgehead atoms. The third kappa shape index (κ3) is 6.49. The number of benzene rings is 1. The van der Waals surface area contributed by atoms with E-state index in [1.165, 1.54) is 0 Å². The highest BCUT2D eigenvalue weighted by molar-refractivity contribution is 5.94. The molecule has 1 aromatic rings. The molecule has 0 aromatic heterocycles. The summed E-state index contributed by atoms with van der Waals surface area (Å²) in [6.07, 6.45) is 3.90. The van der Waals surface area contributed by atoms with Crippen molar-refractivity contribution < 1.29 is 9.59 Å². The van der Waals surface area contributed by atoms with Crippen molar-refractivity contribution in [3.8, 4) is 0 Å². The van der Waals surface area contributed by atoms with Crippen molar-refractivity contribution in [3.63, 3.8) is 0 Å². The van der Waals surface area contributed by atoms with Gasteiger partial charge in [-0.2, -0.15) is 0 Å². The quantitative estimate of drug-likeness (QED) is 0.790. The van der Waals surface area contributed by atoms with Crippen LogP contribution in [0.4, 0.5) is 5.69 Å². The number of nitrogens with two attached hydrogens (primary N) is 1. The van der Waals surface area contributed by atoms with Crippen molar-refractivity contribution in [2.45, 2.75) is 39.0 Å². The van der Waals surface area contributed by atoms with Crippen molar-refractivity contribution in [3.05, 3.63) is 29.8 Å². The fourth-order valence-electron chi connectivity index (χ4n) is 3.05. The van der Waals surface area contributed by atoms with E-state index in [0.29, 0.717) is 18.9 Å². The minimum absolute atomic E-state index is 0. The molecular formula is C18H28ClN3O2. The largest absolute Gasteiger partial charge is 0.370 e. The molecule has 5 nitrogen and oxygen atoms in total. The Bertz CT molecular complexity index is 545. The second-order valence-electron chi connectivity index (χ2n) is 6.33. The number of halogens is 1. The molecule has 1 saturated heterocycles. The SMILES string of the molecule is Cc1cccc(N(CCC(N)=O)C(=O)CCC2CCNCC2)c1.Cl. The Hall–Kier alpha value is -1.59. The van der Waals surface area contributed by atoms with Crippen molar-refractivity contribution in [2.75, 3.05) is 24.5 Å². The van der Waals surface area contributed by atoms with Gasteiger partial charge in [-0.1, -0.05) is 12.1 Å². The molecule has 134 valence electrons. The number of rotatable bonds is 7. The smallest absolute Gasteiger partial charge is 0.226 e. The van der Waals surface area contributed by atoms with Gasteiger partial charge in [0.15, 0.2) is 0 Å². The number of hydrogen-bond donors (Lipinski definition) is 2. The van der Waals surface area contributed by atoms with Gasteiger partial charge >= 0.3 is 0 Å². The highest BCUT2D eigenvalue weighted by atomic mass is 35.5. The van der Waals surface area contributed by atoms with Gasteiger partial charge in [0, 0.05) is 25.1 Å². The molecule has 0 spiro atoms. The van der Waals surface area contributed by atoms with Crippen molar-refractivity contribution in [2.24, 2.45) is 11.7 Å². The Morgan fingerprint density at radius 2 is 1.96 bits per heavy atom. The van der Waals surface area contributed by atoms with E-state index < -0.39 is 0 Å². The first-order chi connectivity index (χ1) is 11.1. The van der Waals surface area contributed by atoms with E-state index >= 15 is 0 Å². The van der Waals surface area contributed by atoms with Gasteiger partial charge in [0.2, 0.25) is 11.8 Å². The zero-order valence-corrected chi connectivity index (χ0v) is 15.1. The summed E-state index contributed by atoms with van der Waals surface area (Å²) in [5.74, 6) is 0.319. The normalized spacial score (nSPS) is 14.7. The van der Waals surface area contributed by atoms with Crippen LogP contribution in [0.5, 0.6) is 0 Å². The molecule has 2 amide bonds. The molecule has 1 aromatic carbocycles. The van der Waals surface area contributed by atoms with Gasteiger partial charge in [0.05, 0.1) is 0 Å². The molecule has 3 N–H and O–H groups in total. The van der Waals surface area contributed by atoms with Crippen LogP contribution >= 0.6 is 12.4 Å². The summed E-state index contributed by atoms with van der Waals surface area (Å²) in [4.78, 5) is 25.5. The summed E-state index contributed by atoms with van der Waals surface area (Å²) in [5, 5.41) is 3.34. The van der Waals surface area contributed by atoms with Gasteiger partial charge in [-0.3, -0.25) is 9.59 Å². The maximum Gasteiger partial charge on any atom is 0.226 e. The number of nitrogens with one attached hydrogen (secondary N) is 1. The summed E-state index contributed by atoms with van der Waals surface area (Å²) in [6, 6.07) is 7.82. The third-order valence-electron chi connectivity index (χ3n) is 4.42. The first-order valence-electron chi connectivity index (χ1n) is 8.42. The lowest BCUT2D eigenvalue weighted by Gasteiger charge is -2.26. The van der Waals surface area contributed by atoms with Crippen molar-refractivity contribution in [1.29, 1.82) is 0 Å². The molecule has 1 heterocycles. The Balaban J connectivity index is 0.00000288. The number of piperidine rings is 1. The predicted molar refractivity (Wildman–Crippen MR) is 99.4 cm³/mol. The Morgan fingerprint density at radius 1 is 1.25 bits per heavy atom. The van der Waals surface area contributed by atoms with Crippen molar-refractivity contribution in [1.82, 2.24) is 5.32 Å². The molecule has 0 saturated carbocycles. The topological polar surface area (TPSA) is 75.4 Å². The van der Waals surface area contributed by atoms with Gasteiger partial charge in [-0.25, -0.2) is 0 Å². The van der Waals surface area contributed by atoms with Crippen LogP contribution in [-0.4, -0.2) is 31.4 Å². The van der Waals surface area contributed by atoms with Gasteiger partial charge in [-0.15, -0.1) is 12.4 Å². The lowest BCUT2D eigenvalue weighted by atomic mass is 9.93. The van der Waals surface area contributed by atoms with E-state index in [1.54, 1.807) is 4.90 Å². The Morgan fingerprint density at radius 3 is 2.58 bits per heavy atom. The minimum Gasteiger partial charge on any atom is -0.370 e. The number of nitrogens with zero attached hydrogens (tertiary/aromatic N) is 1. The van der Waals surface area contributed by atoms with Crippen LogP contribution in [0, 0.1) is 12.8 Å². The van der Waals surface area contributed by atoms with Crippen LogP contribution in [0.3, 0.4) is 0 Å². The maximum atomic E-state index is 12.7. The van der Waals surface area contributed by atoms with E-state index in [-0.39, 0.29) is 30.6 Å². The highest BCUT2D eigenvalue weighted by Crippen LogP contribution is 2.21. The predicted octanol–water partition coefficient (Wildman–Crippen LogP) is 2.41. The number of carbonyl (C=O) groups is 2. The zero-order valence-electron chi connectivity index (χ0n) is 14.3. The fraction of sp³-hybridized carbons (Fsp3) is 0.556. The highest BCUT2D eigenvalue weighted by Gasteiger charge is 2.19. The van der Waals surface area contributed by atoms with Crippen LogP contribution in [0.25, 0.3) is 0 Å². The molecular weight excluding hydrogens is 326 g/mol. The molecule has 2 rings (SSSR count). The first-order valence-corrected chi connectivity index (χ1v) is 8.42. The standard InChI is InChI=1S/C18H27N3O2.ClH/c1-14-3-2-4-16(13-14)21(12-9-17(19)22)18(23)6-5-15-7-10-20-11-8-15;/h2-4,13,15,20H,5-12H2,1H3,(H2,19,22);1H. The molecule has 24 heavy (non-hydrogen) atoms.